The van der Waals surface area contributed by atoms with Crippen LogP contribution >= 0.6 is 59.4 Å². The van der Waals surface area contributed by atoms with Gasteiger partial charge in [-0.05, 0) is 180 Å². The number of ether oxygens (including phenoxy) is 2. The molecule has 14 nitrogen and oxygen atoms in total. The third-order valence-electron chi connectivity index (χ3n) is 10.8. The van der Waals surface area contributed by atoms with Gasteiger partial charge < -0.3 is 9.47 Å². The summed E-state index contributed by atoms with van der Waals surface area (Å²) in [5.41, 5.74) is 5.26. The van der Waals surface area contributed by atoms with Crippen molar-refractivity contribution >= 4 is 79.6 Å². The minimum Gasteiger partial charge on any atom is -0.456 e. The predicted octanol–water partition coefficient (Wildman–Crippen LogP) is 14.8. The molecule has 0 radical (unpaired) electrons. The summed E-state index contributed by atoms with van der Waals surface area (Å²) in [5.74, 6) is 1.10. The lowest BCUT2D eigenvalue weighted by Gasteiger charge is -2.14. The van der Waals surface area contributed by atoms with Crippen molar-refractivity contribution in [3.8, 4) is 34.1 Å². The molecule has 0 amide bonds. The highest BCUT2D eigenvalue weighted by molar-refractivity contribution is 8.00. The Kier molecular flexibility index (Phi) is 18.3. The van der Waals surface area contributed by atoms with E-state index in [0.717, 1.165) is 54.5 Å². The predicted molar refractivity (Wildman–Crippen MR) is 282 cm³/mol. The maximum Gasteiger partial charge on any atom is 0.298 e. The maximum atomic E-state index is 12.7. The van der Waals surface area contributed by atoms with E-state index in [4.69, 9.17) is 24.3 Å². The van der Waals surface area contributed by atoms with E-state index < -0.39 is 25.1 Å². The van der Waals surface area contributed by atoms with Gasteiger partial charge in [-0.25, -0.2) is 10.5 Å². The second kappa shape index (κ2) is 24.8. The van der Waals surface area contributed by atoms with Crippen molar-refractivity contribution in [3.05, 3.63) is 198 Å². The van der Waals surface area contributed by atoms with E-state index in [0.29, 0.717) is 61.5 Å². The second-order valence-corrected chi connectivity index (χ2v) is 23.2. The van der Waals surface area contributed by atoms with E-state index in [2.05, 4.69) is 38.7 Å². The van der Waals surface area contributed by atoms with Crippen LogP contribution in [0.4, 0.5) is 0 Å². The molecule has 0 aliphatic rings. The molecule has 0 saturated carbocycles. The largest absolute Gasteiger partial charge is 0.456 e. The summed E-state index contributed by atoms with van der Waals surface area (Å²) in [5, 5.41) is 25.1. The average Bonchev–Trinajstić information content (AvgIpc) is 3.38. The molecule has 376 valence electrons. The van der Waals surface area contributed by atoms with Gasteiger partial charge in [-0.2, -0.15) is 16.8 Å². The monoisotopic (exact) mass is 1110 g/mol. The van der Waals surface area contributed by atoms with Crippen molar-refractivity contribution in [2.45, 2.75) is 63.8 Å². The second-order valence-electron chi connectivity index (χ2n) is 15.8. The van der Waals surface area contributed by atoms with Crippen LogP contribution < -0.4 is 9.47 Å². The molecule has 0 aromatic heterocycles. The highest BCUT2D eigenvalue weighted by Gasteiger charge is 2.21. The molecule has 0 fully saturated rings. The number of benzene rings is 8. The first-order valence-electron chi connectivity index (χ1n) is 21.5. The van der Waals surface area contributed by atoms with Crippen LogP contribution in [0, 0.1) is 6.92 Å². The Balaban J connectivity index is 0.912. The van der Waals surface area contributed by atoms with E-state index in [-0.39, 0.29) is 17.1 Å². The van der Waals surface area contributed by atoms with Crippen LogP contribution in [-0.4, -0.2) is 42.7 Å². The highest BCUT2D eigenvalue weighted by Crippen LogP contribution is 2.39. The lowest BCUT2D eigenvalue weighted by atomic mass is 10.0. The van der Waals surface area contributed by atoms with Crippen molar-refractivity contribution in [2.75, 3.05) is 6.26 Å². The van der Waals surface area contributed by atoms with Crippen molar-refractivity contribution in [3.63, 3.8) is 0 Å². The number of thioether (sulfide) groups is 1. The molecule has 0 aliphatic carbocycles. The summed E-state index contributed by atoms with van der Waals surface area (Å²) in [6.45, 7) is 1.85. The molecule has 0 unspecified atom stereocenters. The lowest BCUT2D eigenvalue weighted by molar-refractivity contribution is -0.432. The Morgan fingerprint density at radius 2 is 0.863 bits per heavy atom. The minimum absolute atomic E-state index is 0.0627. The quantitative estimate of drug-likeness (QED) is 0.0164. The number of hydrogen-bond acceptors (Lipinski definition) is 17. The zero-order valence-electron chi connectivity index (χ0n) is 38.3. The van der Waals surface area contributed by atoms with Crippen LogP contribution in [0.2, 0.25) is 0 Å². The first-order chi connectivity index (χ1) is 35.1. The van der Waals surface area contributed by atoms with Gasteiger partial charge in [0.1, 0.15) is 32.8 Å². The Bertz CT molecular complexity index is 3420. The smallest absolute Gasteiger partial charge is 0.298 e. The fourth-order valence-electron chi connectivity index (χ4n) is 7.30. The van der Waals surface area contributed by atoms with Crippen LogP contribution in [0.15, 0.2) is 214 Å². The topological polar surface area (TPSA) is 205 Å². The molecule has 73 heavy (non-hydrogen) atoms. The zero-order chi connectivity index (χ0) is 51.5. The third-order valence-corrected chi connectivity index (χ3v) is 16.9. The van der Waals surface area contributed by atoms with E-state index in [1.54, 1.807) is 96.3 Å². The SMILES string of the molecule is CSc1ccc(Sc2ccc(Sc3ccc(Cc4ccc(Oc5ccc(-c6ccc(Oc7ccc(Cc8ccc(C)c(SOOO)c8)cc7S(=O)(=O)O)cc6)cc5)c(SOOO)c4)cc3S(=O)(=O)O)cc2)cc1. The van der Waals surface area contributed by atoms with Gasteiger partial charge in [-0.15, -0.1) is 20.4 Å². The molecule has 0 heterocycles. The van der Waals surface area contributed by atoms with E-state index in [1.165, 1.54) is 34.9 Å². The van der Waals surface area contributed by atoms with Crippen LogP contribution in [-0.2, 0) is 51.8 Å². The zero-order valence-corrected chi connectivity index (χ0v) is 44.0. The molecule has 0 saturated heterocycles. The fraction of sp³-hybridized carbons (Fsp3) is 0.0769. The molecule has 0 bridgehead atoms. The van der Waals surface area contributed by atoms with Crippen LogP contribution in [0.25, 0.3) is 11.1 Å². The Morgan fingerprint density at radius 1 is 0.438 bits per heavy atom. The van der Waals surface area contributed by atoms with Crippen LogP contribution in [0.5, 0.6) is 23.0 Å². The highest BCUT2D eigenvalue weighted by atomic mass is 32.2. The molecular formula is C52H42O14S7. The molecule has 8 rings (SSSR count). The number of hydrogen-bond donors (Lipinski definition) is 4. The van der Waals surface area contributed by atoms with E-state index in [9.17, 15) is 25.9 Å². The molecule has 8 aromatic rings. The van der Waals surface area contributed by atoms with Gasteiger partial charge >= 0.3 is 0 Å². The summed E-state index contributed by atoms with van der Waals surface area (Å²) >= 11 is 6.06. The molecule has 21 heteroatoms. The number of rotatable bonds is 22. The molecule has 0 spiro atoms. The summed E-state index contributed by atoms with van der Waals surface area (Å²) in [4.78, 5) is 4.98. The van der Waals surface area contributed by atoms with Crippen molar-refractivity contribution < 1.29 is 64.7 Å². The van der Waals surface area contributed by atoms with Gasteiger partial charge in [0.25, 0.3) is 20.2 Å². The first-order valence-corrected chi connectivity index (χ1v) is 28.7. The maximum absolute atomic E-state index is 12.7. The summed E-state index contributed by atoms with van der Waals surface area (Å²) in [7, 11) is -9.27. The van der Waals surface area contributed by atoms with Crippen molar-refractivity contribution in [2.24, 2.45) is 0 Å². The van der Waals surface area contributed by atoms with Gasteiger partial charge in [0.15, 0.2) is 0 Å². The summed E-state index contributed by atoms with van der Waals surface area (Å²) < 4.78 is 92.2. The normalized spacial score (nSPS) is 11.7. The van der Waals surface area contributed by atoms with E-state index in [1.807, 2.05) is 67.8 Å². The molecule has 8 aromatic carbocycles. The number of aryl methyl sites for hydroxylation is 1. The Hall–Kier alpha value is -5.31. The van der Waals surface area contributed by atoms with Gasteiger partial charge in [0.2, 0.25) is 0 Å². The van der Waals surface area contributed by atoms with Crippen molar-refractivity contribution in [1.82, 2.24) is 0 Å². The van der Waals surface area contributed by atoms with Gasteiger partial charge in [-0.1, -0.05) is 88.2 Å². The summed E-state index contributed by atoms with van der Waals surface area (Å²) in [6.07, 6.45) is 2.63. The fourth-order valence-corrected chi connectivity index (χ4v) is 12.1. The van der Waals surface area contributed by atoms with Crippen LogP contribution in [0.3, 0.4) is 0 Å². The Labute approximate surface area is 443 Å². The molecule has 4 N–H and O–H groups in total. The summed E-state index contributed by atoms with van der Waals surface area (Å²) in [6, 6.07) is 50.4. The molecular weight excluding hydrogens is 1070 g/mol. The van der Waals surface area contributed by atoms with Crippen LogP contribution in [0.1, 0.15) is 27.8 Å². The molecule has 0 atom stereocenters. The Morgan fingerprint density at radius 3 is 1.38 bits per heavy atom. The van der Waals surface area contributed by atoms with Crippen molar-refractivity contribution in [1.29, 1.82) is 0 Å². The third kappa shape index (κ3) is 14.9. The standard InChI is InChI=1S/C52H42O14S7/c1-33-3-4-34(29-49(33)70-65-63-53)27-36-6-25-47(51(31-36)72(55,56)57)62-41-14-10-39(11-15-41)38-8-12-40(13-9-38)61-46-24-5-35(30-50(46)71-66-64-54)28-37-7-26-48(52(32-37)73(58,59)60)69-45-22-20-44(21-23-45)68-43-18-16-42(67-2)17-19-43/h3-26,29-32,53-54H,27-28H2,1-2H3,(H,55,56,57)(H,58,59,60). The first kappa shape index (κ1) is 54.0. The van der Waals surface area contributed by atoms with E-state index >= 15 is 0 Å². The lowest BCUT2D eigenvalue weighted by Crippen LogP contribution is -2.03. The minimum atomic E-state index is -4.68. The average molecular weight is 1120 g/mol. The van der Waals surface area contributed by atoms with Gasteiger partial charge in [0.05, 0.1) is 29.0 Å². The molecule has 0 aliphatic heterocycles. The van der Waals surface area contributed by atoms with Gasteiger partial charge in [0, 0.05) is 29.4 Å². The van der Waals surface area contributed by atoms with Gasteiger partial charge in [-0.3, -0.25) is 9.11 Å².